The molecule has 0 aromatic heterocycles. The van der Waals surface area contributed by atoms with Crippen molar-refractivity contribution in [3.63, 3.8) is 0 Å². The molecule has 3 aromatic carbocycles. The summed E-state index contributed by atoms with van der Waals surface area (Å²) in [7, 11) is 0. The third-order valence-electron chi connectivity index (χ3n) is 3.03. The lowest BCUT2D eigenvalue weighted by atomic mass is 10.1. The molecule has 3 aromatic rings. The van der Waals surface area contributed by atoms with Crippen molar-refractivity contribution in [1.29, 1.82) is 0 Å². The highest BCUT2D eigenvalue weighted by atomic mass is 32.1. The average molecular weight is 262 g/mol. The van der Waals surface area contributed by atoms with Crippen LogP contribution in [0.5, 0.6) is 0 Å². The number of nitrogens with zero attached hydrogens (tertiary/aromatic N) is 1. The van der Waals surface area contributed by atoms with Gasteiger partial charge in [0.05, 0.1) is 0 Å². The molecule has 0 N–H and O–H groups in total. The molecule has 2 heteroatoms. The normalized spacial score (nSPS) is 11.2. The lowest BCUT2D eigenvalue weighted by molar-refractivity contribution is 1.39. The van der Waals surface area contributed by atoms with Gasteiger partial charge in [-0.1, -0.05) is 60.7 Å². The summed E-state index contributed by atoms with van der Waals surface area (Å²) in [6.45, 7) is 0. The van der Waals surface area contributed by atoms with Gasteiger partial charge >= 0.3 is 0 Å². The SMILES string of the molecule is [S-]c1ccccc1N=Cc1cccc2ccccc12. The van der Waals surface area contributed by atoms with E-state index in [0.29, 0.717) is 0 Å². The molecule has 0 saturated carbocycles. The predicted molar refractivity (Wildman–Crippen MR) is 83.3 cm³/mol. The molecule has 0 radical (unpaired) electrons. The van der Waals surface area contributed by atoms with Crippen molar-refractivity contribution in [3.8, 4) is 0 Å². The molecule has 0 bridgehead atoms. The largest absolute Gasteiger partial charge is 0.778 e. The van der Waals surface area contributed by atoms with E-state index in [1.54, 1.807) is 0 Å². The van der Waals surface area contributed by atoms with Crippen LogP contribution in [-0.2, 0) is 12.6 Å². The maximum absolute atomic E-state index is 5.25. The van der Waals surface area contributed by atoms with Crippen molar-refractivity contribution in [2.75, 3.05) is 0 Å². The number of hydrogen-bond donors (Lipinski definition) is 0. The van der Waals surface area contributed by atoms with E-state index >= 15 is 0 Å². The van der Waals surface area contributed by atoms with E-state index in [4.69, 9.17) is 12.6 Å². The van der Waals surface area contributed by atoms with Gasteiger partial charge in [0.2, 0.25) is 0 Å². The van der Waals surface area contributed by atoms with Gasteiger partial charge in [-0.3, -0.25) is 4.99 Å². The molecule has 0 spiro atoms. The summed E-state index contributed by atoms with van der Waals surface area (Å²) in [4.78, 5) is 5.27. The van der Waals surface area contributed by atoms with Crippen LogP contribution in [-0.4, -0.2) is 6.21 Å². The van der Waals surface area contributed by atoms with E-state index in [1.807, 2.05) is 48.7 Å². The minimum Gasteiger partial charge on any atom is -0.778 e. The molecule has 0 amide bonds. The van der Waals surface area contributed by atoms with Crippen LogP contribution in [0, 0.1) is 0 Å². The monoisotopic (exact) mass is 262 g/mol. The van der Waals surface area contributed by atoms with E-state index < -0.39 is 0 Å². The van der Waals surface area contributed by atoms with Gasteiger partial charge in [-0.2, -0.15) is 0 Å². The minimum absolute atomic E-state index is 0.777. The Morgan fingerprint density at radius 3 is 2.42 bits per heavy atom. The summed E-state index contributed by atoms with van der Waals surface area (Å²) in [6, 6.07) is 22.2. The molecular formula is C17H12NS-. The average Bonchev–Trinajstić information content (AvgIpc) is 2.46. The van der Waals surface area contributed by atoms with E-state index in [1.165, 1.54) is 10.8 Å². The van der Waals surface area contributed by atoms with Gasteiger partial charge in [0.1, 0.15) is 0 Å². The van der Waals surface area contributed by atoms with Crippen LogP contribution in [0.25, 0.3) is 10.8 Å². The second-order valence-corrected chi connectivity index (χ2v) is 4.73. The summed E-state index contributed by atoms with van der Waals surface area (Å²) < 4.78 is 0. The Balaban J connectivity index is 2.04. The molecule has 0 atom stereocenters. The Morgan fingerprint density at radius 1 is 0.789 bits per heavy atom. The highest BCUT2D eigenvalue weighted by Gasteiger charge is 1.96. The summed E-state index contributed by atoms with van der Waals surface area (Å²) in [5.41, 5.74) is 1.95. The summed E-state index contributed by atoms with van der Waals surface area (Å²) >= 11 is 5.25. The molecule has 0 aliphatic carbocycles. The topological polar surface area (TPSA) is 12.4 Å². The van der Waals surface area contributed by atoms with Crippen molar-refractivity contribution >= 4 is 35.3 Å². The van der Waals surface area contributed by atoms with Crippen molar-refractivity contribution in [2.45, 2.75) is 4.90 Å². The molecular weight excluding hydrogens is 250 g/mol. The number of fused-ring (bicyclic) bond motifs is 1. The first-order valence-electron chi connectivity index (χ1n) is 6.12. The molecule has 1 nitrogen and oxygen atoms in total. The van der Waals surface area contributed by atoms with Crippen molar-refractivity contribution in [2.24, 2.45) is 4.99 Å². The fraction of sp³-hybridized carbons (Fsp3) is 0. The van der Waals surface area contributed by atoms with E-state index in [0.717, 1.165) is 16.1 Å². The summed E-state index contributed by atoms with van der Waals surface area (Å²) in [5, 5.41) is 2.42. The first-order valence-corrected chi connectivity index (χ1v) is 6.53. The van der Waals surface area contributed by atoms with Crippen LogP contribution >= 0.6 is 0 Å². The van der Waals surface area contributed by atoms with Crippen LogP contribution in [0.1, 0.15) is 5.56 Å². The van der Waals surface area contributed by atoms with Gasteiger partial charge in [0.15, 0.2) is 0 Å². The molecule has 92 valence electrons. The van der Waals surface area contributed by atoms with Crippen molar-refractivity contribution in [1.82, 2.24) is 0 Å². The number of rotatable bonds is 2. The van der Waals surface area contributed by atoms with Crippen molar-refractivity contribution in [3.05, 3.63) is 72.3 Å². The number of aliphatic imine (C=N–C) groups is 1. The van der Waals surface area contributed by atoms with Crippen LogP contribution < -0.4 is 0 Å². The lowest BCUT2D eigenvalue weighted by Gasteiger charge is -2.08. The summed E-state index contributed by atoms with van der Waals surface area (Å²) in [6.07, 6.45) is 1.88. The molecule has 0 aliphatic heterocycles. The maximum Gasteiger partial charge on any atom is 0.0438 e. The Hall–Kier alpha value is -2.19. The van der Waals surface area contributed by atoms with Crippen LogP contribution in [0.2, 0.25) is 0 Å². The summed E-state index contributed by atoms with van der Waals surface area (Å²) in [5.74, 6) is 0. The van der Waals surface area contributed by atoms with Gasteiger partial charge in [-0.15, -0.1) is 4.90 Å². The fourth-order valence-electron chi connectivity index (χ4n) is 2.07. The Kier molecular flexibility index (Phi) is 3.25. The number of hydrogen-bond acceptors (Lipinski definition) is 2. The first-order chi connectivity index (χ1) is 9.34. The molecule has 19 heavy (non-hydrogen) atoms. The molecule has 0 saturated heterocycles. The molecule has 3 rings (SSSR count). The second-order valence-electron chi connectivity index (χ2n) is 4.29. The minimum atomic E-state index is 0.777. The van der Waals surface area contributed by atoms with E-state index in [2.05, 4.69) is 29.3 Å². The van der Waals surface area contributed by atoms with Crippen LogP contribution in [0.3, 0.4) is 0 Å². The van der Waals surface area contributed by atoms with Gasteiger partial charge in [-0.25, -0.2) is 0 Å². The third-order valence-corrected chi connectivity index (χ3v) is 3.38. The van der Waals surface area contributed by atoms with Gasteiger partial charge in [0.25, 0.3) is 0 Å². The molecule has 0 aliphatic rings. The van der Waals surface area contributed by atoms with E-state index in [9.17, 15) is 0 Å². The zero-order valence-electron chi connectivity index (χ0n) is 10.3. The molecule has 0 heterocycles. The smallest absolute Gasteiger partial charge is 0.0438 e. The maximum atomic E-state index is 5.25. The highest BCUT2D eigenvalue weighted by Crippen LogP contribution is 2.20. The van der Waals surface area contributed by atoms with Crippen LogP contribution in [0.4, 0.5) is 5.69 Å². The lowest BCUT2D eigenvalue weighted by Crippen LogP contribution is -1.84. The number of benzene rings is 3. The van der Waals surface area contributed by atoms with Crippen molar-refractivity contribution < 1.29 is 0 Å². The fourth-order valence-corrected chi connectivity index (χ4v) is 2.27. The highest BCUT2D eigenvalue weighted by molar-refractivity contribution is 7.59. The first kappa shape index (κ1) is 11.9. The Morgan fingerprint density at radius 2 is 1.53 bits per heavy atom. The predicted octanol–water partition coefficient (Wildman–Crippen LogP) is 4.50. The van der Waals surface area contributed by atoms with Gasteiger partial charge in [-0.05, 0) is 16.8 Å². The molecule has 0 fully saturated rings. The Labute approximate surface area is 118 Å². The standard InChI is InChI=1S/C17H13NS/c19-17-11-4-3-10-16(17)18-12-14-8-5-7-13-6-1-2-9-15(13)14/h1-12,19H/p-1. The molecule has 0 unspecified atom stereocenters. The second kappa shape index (κ2) is 5.21. The zero-order valence-corrected chi connectivity index (χ0v) is 11.1. The van der Waals surface area contributed by atoms with Gasteiger partial charge in [0, 0.05) is 17.5 Å². The Bertz CT molecular complexity index is 742. The van der Waals surface area contributed by atoms with E-state index in [-0.39, 0.29) is 0 Å². The third kappa shape index (κ3) is 2.49. The quantitative estimate of drug-likeness (QED) is 0.489. The number of para-hydroxylation sites is 1. The van der Waals surface area contributed by atoms with Gasteiger partial charge < -0.3 is 12.6 Å². The zero-order chi connectivity index (χ0) is 13.1. The van der Waals surface area contributed by atoms with Crippen LogP contribution in [0.15, 0.2) is 76.6 Å².